The number of thiazole rings is 1. The molecular weight excluding hydrogens is 168 g/mol. The fourth-order valence-electron chi connectivity index (χ4n) is 1.11. The Labute approximate surface area is 77.8 Å². The van der Waals surface area contributed by atoms with E-state index in [0.717, 1.165) is 19.3 Å². The summed E-state index contributed by atoms with van der Waals surface area (Å²) in [5.74, 6) is 0. The first-order valence-electron chi connectivity index (χ1n) is 4.46. The van der Waals surface area contributed by atoms with Crippen molar-refractivity contribution in [2.75, 3.05) is 0 Å². The van der Waals surface area contributed by atoms with E-state index in [0.29, 0.717) is 6.04 Å². The molecule has 0 aliphatic heterocycles. The van der Waals surface area contributed by atoms with Gasteiger partial charge in [-0.3, -0.25) is 4.98 Å². The van der Waals surface area contributed by atoms with Gasteiger partial charge in [0.2, 0.25) is 0 Å². The number of aromatic nitrogens is 1. The predicted molar refractivity (Wildman–Crippen MR) is 53.3 cm³/mol. The van der Waals surface area contributed by atoms with E-state index in [1.807, 2.05) is 11.7 Å². The van der Waals surface area contributed by atoms with E-state index in [1.165, 1.54) is 11.3 Å². The van der Waals surface area contributed by atoms with Crippen LogP contribution >= 0.6 is 11.3 Å². The van der Waals surface area contributed by atoms with Crippen LogP contribution in [-0.4, -0.2) is 11.0 Å². The van der Waals surface area contributed by atoms with Crippen molar-refractivity contribution < 1.29 is 0 Å². The fourth-order valence-corrected chi connectivity index (χ4v) is 1.75. The number of nitrogens with zero attached hydrogens (tertiary/aromatic N) is 1. The number of hydrogen-bond donors (Lipinski definition) is 1. The highest BCUT2D eigenvalue weighted by atomic mass is 32.1. The van der Waals surface area contributed by atoms with Crippen LogP contribution in [0.3, 0.4) is 0 Å². The minimum atomic E-state index is 0.387. The van der Waals surface area contributed by atoms with E-state index < -0.39 is 0 Å². The van der Waals surface area contributed by atoms with Gasteiger partial charge in [-0.25, -0.2) is 0 Å². The molecule has 1 aromatic heterocycles. The van der Waals surface area contributed by atoms with Crippen molar-refractivity contribution >= 4 is 11.3 Å². The molecule has 0 aliphatic rings. The van der Waals surface area contributed by atoms with E-state index in [4.69, 9.17) is 5.73 Å². The number of aryl methyl sites for hydroxylation is 1. The van der Waals surface area contributed by atoms with Gasteiger partial charge < -0.3 is 5.73 Å². The van der Waals surface area contributed by atoms with Crippen molar-refractivity contribution in [2.24, 2.45) is 5.73 Å². The van der Waals surface area contributed by atoms with Crippen LogP contribution in [0.15, 0.2) is 11.7 Å². The molecule has 1 aromatic rings. The van der Waals surface area contributed by atoms with Gasteiger partial charge in [0.1, 0.15) is 0 Å². The van der Waals surface area contributed by atoms with E-state index in [9.17, 15) is 0 Å². The van der Waals surface area contributed by atoms with Gasteiger partial charge in [0, 0.05) is 17.1 Å². The van der Waals surface area contributed by atoms with Gasteiger partial charge in [0.15, 0.2) is 0 Å². The van der Waals surface area contributed by atoms with Crippen LogP contribution < -0.4 is 5.73 Å². The number of hydrogen-bond acceptors (Lipinski definition) is 3. The summed E-state index contributed by atoms with van der Waals surface area (Å²) in [4.78, 5) is 5.40. The molecule has 12 heavy (non-hydrogen) atoms. The molecule has 1 rings (SSSR count). The van der Waals surface area contributed by atoms with Crippen LogP contribution in [0.25, 0.3) is 0 Å². The summed E-state index contributed by atoms with van der Waals surface area (Å²) < 4.78 is 0. The molecule has 0 amide bonds. The zero-order chi connectivity index (χ0) is 8.81. The van der Waals surface area contributed by atoms with Crippen molar-refractivity contribution in [3.63, 3.8) is 0 Å². The molecule has 1 atom stereocenters. The fraction of sp³-hybridized carbons (Fsp3) is 0.667. The maximum atomic E-state index is 5.80. The Bertz CT molecular complexity index is 196. The maximum Gasteiger partial charge on any atom is 0.0794 e. The second-order valence-corrected chi connectivity index (χ2v) is 4.00. The Kier molecular flexibility index (Phi) is 4.25. The Morgan fingerprint density at radius 3 is 3.08 bits per heavy atom. The van der Waals surface area contributed by atoms with E-state index >= 15 is 0 Å². The molecule has 2 N–H and O–H groups in total. The normalized spacial score (nSPS) is 13.2. The molecule has 0 bridgehead atoms. The van der Waals surface area contributed by atoms with Gasteiger partial charge in [-0.1, -0.05) is 6.92 Å². The zero-order valence-electron chi connectivity index (χ0n) is 7.49. The van der Waals surface area contributed by atoms with Crippen LogP contribution in [0, 0.1) is 0 Å². The number of nitrogens with two attached hydrogens (primary N) is 1. The molecule has 1 heterocycles. The Morgan fingerprint density at radius 2 is 2.50 bits per heavy atom. The standard InChI is InChI=1S/C9H16N2S/c1-2-8(10)4-3-5-9-6-11-7-12-9/h6-8H,2-5,10H2,1H3. The largest absolute Gasteiger partial charge is 0.328 e. The lowest BCUT2D eigenvalue weighted by atomic mass is 10.1. The summed E-state index contributed by atoms with van der Waals surface area (Å²) in [6, 6.07) is 0.387. The van der Waals surface area contributed by atoms with Crippen LogP contribution in [-0.2, 0) is 6.42 Å². The van der Waals surface area contributed by atoms with Crippen LogP contribution in [0.5, 0.6) is 0 Å². The van der Waals surface area contributed by atoms with Crippen molar-refractivity contribution in [3.8, 4) is 0 Å². The first-order valence-corrected chi connectivity index (χ1v) is 5.34. The quantitative estimate of drug-likeness (QED) is 0.762. The lowest BCUT2D eigenvalue weighted by Crippen LogP contribution is -2.18. The SMILES string of the molecule is CCC(N)CCCc1cncs1. The van der Waals surface area contributed by atoms with Gasteiger partial charge in [0.05, 0.1) is 5.51 Å². The second kappa shape index (κ2) is 5.27. The second-order valence-electron chi connectivity index (χ2n) is 3.03. The molecule has 0 spiro atoms. The first kappa shape index (κ1) is 9.68. The highest BCUT2D eigenvalue weighted by Crippen LogP contribution is 2.10. The topological polar surface area (TPSA) is 38.9 Å². The molecule has 0 saturated carbocycles. The lowest BCUT2D eigenvalue weighted by Gasteiger charge is -2.06. The van der Waals surface area contributed by atoms with Crippen molar-refractivity contribution in [1.29, 1.82) is 0 Å². The summed E-state index contributed by atoms with van der Waals surface area (Å²) in [5, 5.41) is 0. The lowest BCUT2D eigenvalue weighted by molar-refractivity contribution is 0.569. The van der Waals surface area contributed by atoms with Crippen molar-refractivity contribution in [2.45, 2.75) is 38.6 Å². The van der Waals surface area contributed by atoms with Gasteiger partial charge >= 0.3 is 0 Å². The third-order valence-corrected chi connectivity index (χ3v) is 2.85. The molecule has 0 saturated heterocycles. The van der Waals surface area contributed by atoms with E-state index in [-0.39, 0.29) is 0 Å². The molecule has 0 fully saturated rings. The Balaban J connectivity index is 2.11. The van der Waals surface area contributed by atoms with Gasteiger partial charge in [-0.2, -0.15) is 0 Å². The molecule has 2 nitrogen and oxygen atoms in total. The van der Waals surface area contributed by atoms with Gasteiger partial charge in [0.25, 0.3) is 0 Å². The minimum absolute atomic E-state index is 0.387. The maximum absolute atomic E-state index is 5.80. The average molecular weight is 184 g/mol. The molecule has 0 radical (unpaired) electrons. The average Bonchev–Trinajstić information content (AvgIpc) is 2.57. The molecule has 68 valence electrons. The summed E-state index contributed by atoms with van der Waals surface area (Å²) in [7, 11) is 0. The molecule has 3 heteroatoms. The van der Waals surface area contributed by atoms with Crippen LogP contribution in [0.2, 0.25) is 0 Å². The predicted octanol–water partition coefficient (Wildman–Crippen LogP) is 2.20. The van der Waals surface area contributed by atoms with Crippen molar-refractivity contribution in [1.82, 2.24) is 4.98 Å². The van der Waals surface area contributed by atoms with E-state index in [2.05, 4.69) is 11.9 Å². The molecular formula is C9H16N2S. The van der Waals surface area contributed by atoms with Crippen molar-refractivity contribution in [3.05, 3.63) is 16.6 Å². The third kappa shape index (κ3) is 3.32. The van der Waals surface area contributed by atoms with E-state index in [1.54, 1.807) is 11.3 Å². The Hall–Kier alpha value is -0.410. The first-order chi connectivity index (χ1) is 5.83. The van der Waals surface area contributed by atoms with Crippen LogP contribution in [0.1, 0.15) is 31.1 Å². The molecule has 1 unspecified atom stereocenters. The van der Waals surface area contributed by atoms with Gasteiger partial charge in [-0.15, -0.1) is 11.3 Å². The summed E-state index contributed by atoms with van der Waals surface area (Å²) in [6.07, 6.45) is 6.49. The third-order valence-electron chi connectivity index (χ3n) is 2.01. The van der Waals surface area contributed by atoms with Crippen LogP contribution in [0.4, 0.5) is 0 Å². The smallest absolute Gasteiger partial charge is 0.0794 e. The number of rotatable bonds is 5. The molecule has 0 aromatic carbocycles. The summed E-state index contributed by atoms with van der Waals surface area (Å²) in [5.41, 5.74) is 7.68. The zero-order valence-corrected chi connectivity index (χ0v) is 8.31. The Morgan fingerprint density at radius 1 is 1.67 bits per heavy atom. The molecule has 0 aliphatic carbocycles. The highest BCUT2D eigenvalue weighted by molar-refractivity contribution is 7.09. The minimum Gasteiger partial charge on any atom is -0.328 e. The summed E-state index contributed by atoms with van der Waals surface area (Å²) in [6.45, 7) is 2.14. The van der Waals surface area contributed by atoms with Gasteiger partial charge in [-0.05, 0) is 25.7 Å². The monoisotopic (exact) mass is 184 g/mol. The highest BCUT2D eigenvalue weighted by Gasteiger charge is 1.99. The summed E-state index contributed by atoms with van der Waals surface area (Å²) >= 11 is 1.73.